The maximum atomic E-state index is 13.3. The van der Waals surface area contributed by atoms with Gasteiger partial charge in [-0.1, -0.05) is 78.3 Å². The Morgan fingerprint density at radius 3 is 2.21 bits per heavy atom. The molecule has 6 rings (SSSR count). The summed E-state index contributed by atoms with van der Waals surface area (Å²) in [6, 6.07) is 29.1. The molecule has 158 valence electrons. The Bertz CT molecular complexity index is 1640. The van der Waals surface area contributed by atoms with Gasteiger partial charge in [0, 0.05) is 32.8 Å². The van der Waals surface area contributed by atoms with Crippen LogP contribution in [0.4, 0.5) is 0 Å². The number of Topliss-reactive ketones (excluding diaryl/α,β-unsaturated/α-hetero) is 1. The zero-order chi connectivity index (χ0) is 22.5. The van der Waals surface area contributed by atoms with Crippen molar-refractivity contribution in [2.75, 3.05) is 0 Å². The van der Waals surface area contributed by atoms with E-state index in [1.807, 2.05) is 102 Å². The third-order valence-electron chi connectivity index (χ3n) is 5.85. The van der Waals surface area contributed by atoms with Crippen LogP contribution in [0.15, 0.2) is 102 Å². The topological polar surface area (TPSA) is 39.3 Å². The molecule has 1 heterocycles. The zero-order valence-electron chi connectivity index (χ0n) is 17.3. The van der Waals surface area contributed by atoms with Gasteiger partial charge in [-0.25, -0.2) is 4.68 Å². The van der Waals surface area contributed by atoms with Gasteiger partial charge in [0.1, 0.15) is 5.71 Å². The summed E-state index contributed by atoms with van der Waals surface area (Å²) in [5, 5.41) is 7.38. The average Bonchev–Trinajstić information content (AvgIpc) is 3.31. The van der Waals surface area contributed by atoms with Gasteiger partial charge in [0.05, 0.1) is 11.9 Å². The summed E-state index contributed by atoms with van der Waals surface area (Å²) in [5.74, 6) is -0.0933. The standard InChI is InChI=1S/C27H16ClN3OS/c28-19-14-12-17(13-15-19)23-16-30(27(33)31(23)20-8-2-1-3-9-20)29-25-21-10-4-6-18-7-5-11-22(24(18)21)26(25)32/h1-16H/b29-25+. The quantitative estimate of drug-likeness (QED) is 0.271. The summed E-state index contributed by atoms with van der Waals surface area (Å²) < 4.78 is 4.04. The Morgan fingerprint density at radius 2 is 1.48 bits per heavy atom. The summed E-state index contributed by atoms with van der Waals surface area (Å²) in [6.45, 7) is 0. The zero-order valence-corrected chi connectivity index (χ0v) is 18.8. The predicted molar refractivity (Wildman–Crippen MR) is 135 cm³/mol. The minimum atomic E-state index is -0.0933. The molecule has 0 aliphatic heterocycles. The smallest absolute Gasteiger partial charge is 0.214 e. The monoisotopic (exact) mass is 465 g/mol. The van der Waals surface area contributed by atoms with E-state index in [9.17, 15) is 4.79 Å². The second-order valence-electron chi connectivity index (χ2n) is 7.81. The Morgan fingerprint density at radius 1 is 0.788 bits per heavy atom. The molecule has 5 aromatic rings. The number of carbonyl (C=O) groups is 1. The summed E-state index contributed by atoms with van der Waals surface area (Å²) >= 11 is 12.0. The number of hydrogen-bond acceptors (Lipinski definition) is 3. The van der Waals surface area contributed by atoms with Crippen LogP contribution in [0, 0.1) is 4.77 Å². The van der Waals surface area contributed by atoms with Crippen molar-refractivity contribution in [2.24, 2.45) is 5.10 Å². The van der Waals surface area contributed by atoms with Gasteiger partial charge in [0.2, 0.25) is 10.6 Å². The van der Waals surface area contributed by atoms with Crippen molar-refractivity contribution in [3.63, 3.8) is 0 Å². The molecule has 0 bridgehead atoms. The number of rotatable bonds is 3. The molecule has 0 saturated heterocycles. The maximum Gasteiger partial charge on any atom is 0.214 e. The fourth-order valence-electron chi connectivity index (χ4n) is 4.34. The highest BCUT2D eigenvalue weighted by molar-refractivity contribution is 7.71. The van der Waals surface area contributed by atoms with Crippen molar-refractivity contribution in [3.05, 3.63) is 118 Å². The lowest BCUT2D eigenvalue weighted by molar-refractivity contribution is 0.106. The minimum Gasteiger partial charge on any atom is -0.287 e. The van der Waals surface area contributed by atoms with E-state index in [-0.39, 0.29) is 5.78 Å². The first kappa shape index (κ1) is 19.9. The lowest BCUT2D eigenvalue weighted by Crippen LogP contribution is -2.11. The van der Waals surface area contributed by atoms with Crippen molar-refractivity contribution in [1.29, 1.82) is 0 Å². The number of carbonyl (C=O) groups excluding carboxylic acids is 1. The van der Waals surface area contributed by atoms with Crippen LogP contribution in [-0.2, 0) is 0 Å². The molecule has 6 heteroatoms. The average molecular weight is 466 g/mol. The Labute approximate surface area is 200 Å². The maximum absolute atomic E-state index is 13.3. The van der Waals surface area contributed by atoms with Crippen LogP contribution in [0.25, 0.3) is 27.7 Å². The Hall–Kier alpha value is -3.80. The van der Waals surface area contributed by atoms with E-state index in [1.165, 1.54) is 0 Å². The number of ketones is 1. The molecule has 0 unspecified atom stereocenters. The van der Waals surface area contributed by atoms with Crippen molar-refractivity contribution >= 4 is 46.1 Å². The van der Waals surface area contributed by atoms with Crippen molar-refractivity contribution in [3.8, 4) is 16.9 Å². The molecule has 0 atom stereocenters. The van der Waals surface area contributed by atoms with Gasteiger partial charge in [0.15, 0.2) is 0 Å². The van der Waals surface area contributed by atoms with Gasteiger partial charge in [-0.15, -0.1) is 0 Å². The number of nitrogens with zero attached hydrogens (tertiary/aromatic N) is 3. The third-order valence-corrected chi connectivity index (χ3v) is 6.48. The van der Waals surface area contributed by atoms with E-state index >= 15 is 0 Å². The van der Waals surface area contributed by atoms with E-state index in [1.54, 1.807) is 4.68 Å². The van der Waals surface area contributed by atoms with E-state index in [2.05, 4.69) is 0 Å². The molecule has 0 N–H and O–H groups in total. The van der Waals surface area contributed by atoms with Gasteiger partial charge in [-0.05, 0) is 41.9 Å². The molecule has 33 heavy (non-hydrogen) atoms. The molecular formula is C27H16ClN3OS. The molecule has 4 nitrogen and oxygen atoms in total. The summed E-state index contributed by atoms with van der Waals surface area (Å²) in [5.41, 5.74) is 4.61. The van der Waals surface area contributed by atoms with E-state index in [0.29, 0.717) is 21.1 Å². The first-order chi connectivity index (χ1) is 16.1. The Balaban J connectivity index is 1.59. The summed E-state index contributed by atoms with van der Waals surface area (Å²) in [4.78, 5) is 13.3. The largest absolute Gasteiger partial charge is 0.287 e. The molecule has 0 amide bonds. The molecule has 1 aliphatic rings. The Kier molecular flexibility index (Phi) is 4.61. The second-order valence-corrected chi connectivity index (χ2v) is 8.61. The first-order valence-corrected chi connectivity index (χ1v) is 11.2. The van der Waals surface area contributed by atoms with Crippen molar-refractivity contribution < 1.29 is 4.79 Å². The molecule has 0 spiro atoms. The van der Waals surface area contributed by atoms with Gasteiger partial charge in [0.25, 0.3) is 0 Å². The lowest BCUT2D eigenvalue weighted by atomic mass is 10.1. The second kappa shape index (κ2) is 7.66. The molecule has 0 fully saturated rings. The normalized spacial score (nSPS) is 13.8. The molecule has 1 aliphatic carbocycles. The van der Waals surface area contributed by atoms with E-state index < -0.39 is 0 Å². The molecule has 4 aromatic carbocycles. The molecule has 1 aromatic heterocycles. The number of benzene rings is 4. The highest BCUT2D eigenvalue weighted by Gasteiger charge is 2.29. The van der Waals surface area contributed by atoms with Crippen LogP contribution in [-0.4, -0.2) is 20.7 Å². The van der Waals surface area contributed by atoms with Gasteiger partial charge in [-0.3, -0.25) is 9.36 Å². The summed E-state index contributed by atoms with van der Waals surface area (Å²) in [6.07, 6.45) is 1.86. The van der Waals surface area contributed by atoms with E-state index in [4.69, 9.17) is 28.9 Å². The fraction of sp³-hybridized carbons (Fsp3) is 0. The predicted octanol–water partition coefficient (Wildman–Crippen LogP) is 6.93. The fourth-order valence-corrected chi connectivity index (χ4v) is 4.76. The highest BCUT2D eigenvalue weighted by Crippen LogP contribution is 2.32. The van der Waals surface area contributed by atoms with Crippen LogP contribution in [0.1, 0.15) is 15.9 Å². The van der Waals surface area contributed by atoms with Gasteiger partial charge >= 0.3 is 0 Å². The lowest BCUT2D eigenvalue weighted by Gasteiger charge is -2.08. The van der Waals surface area contributed by atoms with Crippen LogP contribution in [0.5, 0.6) is 0 Å². The van der Waals surface area contributed by atoms with Gasteiger partial charge < -0.3 is 0 Å². The van der Waals surface area contributed by atoms with Crippen LogP contribution >= 0.6 is 23.8 Å². The number of aromatic nitrogens is 2. The molecular weight excluding hydrogens is 450 g/mol. The highest BCUT2D eigenvalue weighted by atomic mass is 35.5. The van der Waals surface area contributed by atoms with Crippen molar-refractivity contribution in [2.45, 2.75) is 0 Å². The van der Waals surface area contributed by atoms with Crippen LogP contribution in [0.2, 0.25) is 5.02 Å². The summed E-state index contributed by atoms with van der Waals surface area (Å²) in [7, 11) is 0. The molecule has 0 saturated carbocycles. The first-order valence-electron chi connectivity index (χ1n) is 10.4. The van der Waals surface area contributed by atoms with Crippen LogP contribution in [0.3, 0.4) is 0 Å². The van der Waals surface area contributed by atoms with Crippen molar-refractivity contribution in [1.82, 2.24) is 9.24 Å². The number of halogens is 1. The number of para-hydroxylation sites is 1. The molecule has 0 radical (unpaired) electrons. The van der Waals surface area contributed by atoms with Crippen LogP contribution < -0.4 is 0 Å². The minimum absolute atomic E-state index is 0.0933. The number of hydrogen-bond donors (Lipinski definition) is 0. The third kappa shape index (κ3) is 3.17. The SMILES string of the molecule is O=C1/C(=N/n2cc(-c3ccc(Cl)cc3)n(-c3ccccc3)c2=S)c2cccc3cccc1c23. The number of imidazole rings is 1. The van der Waals surface area contributed by atoms with E-state index in [0.717, 1.165) is 33.3 Å². The van der Waals surface area contributed by atoms with Gasteiger partial charge in [-0.2, -0.15) is 5.10 Å².